The topological polar surface area (TPSA) is 42.2 Å². The Hall–Kier alpha value is -1.55. The fourth-order valence-corrected chi connectivity index (χ4v) is 1.56. The molecule has 2 rings (SSSR count). The zero-order chi connectivity index (χ0) is 12.4. The first-order valence-corrected chi connectivity index (χ1v) is 5.79. The van der Waals surface area contributed by atoms with Gasteiger partial charge in [-0.05, 0) is 31.5 Å². The Labute approximate surface area is 105 Å². The lowest BCUT2D eigenvalue weighted by molar-refractivity contribution is 0.499. The molecule has 0 aliphatic carbocycles. The van der Waals surface area contributed by atoms with Crippen molar-refractivity contribution < 1.29 is 4.42 Å². The molecule has 4 nitrogen and oxygen atoms in total. The molecule has 1 aromatic heterocycles. The van der Waals surface area contributed by atoms with Gasteiger partial charge < -0.3 is 4.42 Å². The van der Waals surface area contributed by atoms with Gasteiger partial charge in [0.05, 0.1) is 0 Å². The fraction of sp³-hybridized carbons (Fsp3) is 0.333. The van der Waals surface area contributed by atoms with Crippen LogP contribution < -0.4 is 4.90 Å². The van der Waals surface area contributed by atoms with E-state index in [1.807, 2.05) is 43.1 Å². The molecule has 1 heterocycles. The minimum absolute atomic E-state index is 0.276. The molecule has 0 saturated carbocycles. The van der Waals surface area contributed by atoms with E-state index in [-0.39, 0.29) is 5.38 Å². The number of anilines is 2. The van der Waals surface area contributed by atoms with Gasteiger partial charge in [-0.3, -0.25) is 4.90 Å². The Kier molecular flexibility index (Phi) is 3.33. The Morgan fingerprint density at radius 2 is 2.12 bits per heavy atom. The number of rotatable bonds is 3. The summed E-state index contributed by atoms with van der Waals surface area (Å²) in [5, 5.41) is 7.59. The molecule has 5 heteroatoms. The van der Waals surface area contributed by atoms with Crippen molar-refractivity contribution in [2.45, 2.75) is 19.2 Å². The smallest absolute Gasteiger partial charge is 0.322 e. The Morgan fingerprint density at radius 3 is 2.71 bits per heavy atom. The van der Waals surface area contributed by atoms with E-state index in [1.54, 1.807) is 6.92 Å². The maximum atomic E-state index is 5.88. The highest BCUT2D eigenvalue weighted by Crippen LogP contribution is 2.26. The number of aromatic nitrogens is 2. The summed E-state index contributed by atoms with van der Waals surface area (Å²) in [5.74, 6) is 0.432. The van der Waals surface area contributed by atoms with E-state index in [1.165, 1.54) is 5.56 Å². The minimum Gasteiger partial charge on any atom is -0.406 e. The molecule has 0 fully saturated rings. The second-order valence-electron chi connectivity index (χ2n) is 3.94. The maximum absolute atomic E-state index is 5.88. The van der Waals surface area contributed by atoms with E-state index in [0.29, 0.717) is 11.9 Å². The van der Waals surface area contributed by atoms with Gasteiger partial charge in [0, 0.05) is 12.7 Å². The molecule has 0 aliphatic rings. The van der Waals surface area contributed by atoms with E-state index >= 15 is 0 Å². The van der Waals surface area contributed by atoms with Crippen molar-refractivity contribution in [3.05, 3.63) is 35.7 Å². The van der Waals surface area contributed by atoms with Crippen molar-refractivity contribution in [1.29, 1.82) is 0 Å². The molecular formula is C12H14ClN3O. The van der Waals surface area contributed by atoms with Crippen LogP contribution in [0.4, 0.5) is 11.7 Å². The van der Waals surface area contributed by atoms with E-state index in [0.717, 1.165) is 5.69 Å². The Bertz CT molecular complexity index is 510. The summed E-state index contributed by atoms with van der Waals surface area (Å²) in [6.45, 7) is 3.84. The van der Waals surface area contributed by atoms with Gasteiger partial charge in [0.2, 0.25) is 5.89 Å². The van der Waals surface area contributed by atoms with Crippen molar-refractivity contribution in [3.8, 4) is 0 Å². The predicted octanol–water partition coefficient (Wildman–Crippen LogP) is 3.45. The normalized spacial score (nSPS) is 12.5. The summed E-state index contributed by atoms with van der Waals surface area (Å²) in [4.78, 5) is 1.84. The predicted molar refractivity (Wildman–Crippen MR) is 67.8 cm³/mol. The third-order valence-electron chi connectivity index (χ3n) is 2.45. The van der Waals surface area contributed by atoms with Crippen LogP contribution >= 0.6 is 11.6 Å². The zero-order valence-electron chi connectivity index (χ0n) is 10.0. The maximum Gasteiger partial charge on any atom is 0.322 e. The van der Waals surface area contributed by atoms with Gasteiger partial charge in [-0.15, -0.1) is 16.7 Å². The average molecular weight is 252 g/mol. The molecule has 17 heavy (non-hydrogen) atoms. The second kappa shape index (κ2) is 4.75. The van der Waals surface area contributed by atoms with Crippen LogP contribution in [0.3, 0.4) is 0 Å². The molecule has 0 N–H and O–H groups in total. The van der Waals surface area contributed by atoms with Crippen LogP contribution in [0.15, 0.2) is 28.7 Å². The minimum atomic E-state index is -0.276. The standard InChI is InChI=1S/C12H14ClN3O/c1-8-5-4-6-10(7-8)16(3)12-15-14-11(17-12)9(2)13/h4-7,9H,1-3H3. The molecule has 0 spiro atoms. The van der Waals surface area contributed by atoms with Gasteiger partial charge in [0.15, 0.2) is 0 Å². The van der Waals surface area contributed by atoms with E-state index in [2.05, 4.69) is 10.2 Å². The first-order chi connectivity index (χ1) is 8.08. The molecule has 1 unspecified atom stereocenters. The molecule has 0 aliphatic heterocycles. The Balaban J connectivity index is 2.27. The molecule has 0 amide bonds. The number of benzene rings is 1. The van der Waals surface area contributed by atoms with Crippen molar-refractivity contribution >= 4 is 23.3 Å². The Morgan fingerprint density at radius 1 is 1.35 bits per heavy atom. The number of hydrogen-bond donors (Lipinski definition) is 0. The molecular weight excluding hydrogens is 238 g/mol. The summed E-state index contributed by atoms with van der Waals surface area (Å²) in [6.07, 6.45) is 0. The summed E-state index contributed by atoms with van der Waals surface area (Å²) in [6, 6.07) is 8.51. The summed E-state index contributed by atoms with van der Waals surface area (Å²) < 4.78 is 5.47. The molecule has 2 aromatic rings. The van der Waals surface area contributed by atoms with Gasteiger partial charge in [0.25, 0.3) is 0 Å². The summed E-state index contributed by atoms with van der Waals surface area (Å²) >= 11 is 5.88. The third kappa shape index (κ3) is 2.58. The highest BCUT2D eigenvalue weighted by atomic mass is 35.5. The first kappa shape index (κ1) is 11.9. The van der Waals surface area contributed by atoms with Crippen LogP contribution in [0.1, 0.15) is 23.8 Å². The molecule has 0 bridgehead atoms. The van der Waals surface area contributed by atoms with Crippen LogP contribution in [0.2, 0.25) is 0 Å². The lowest BCUT2D eigenvalue weighted by atomic mass is 10.2. The molecule has 90 valence electrons. The SMILES string of the molecule is Cc1cccc(N(C)c2nnc(C(C)Cl)o2)c1. The molecule has 0 radical (unpaired) electrons. The van der Waals surface area contributed by atoms with Crippen molar-refractivity contribution in [2.24, 2.45) is 0 Å². The van der Waals surface area contributed by atoms with Crippen LogP contribution in [0.25, 0.3) is 0 Å². The number of halogens is 1. The van der Waals surface area contributed by atoms with Crippen LogP contribution in [-0.4, -0.2) is 17.2 Å². The monoisotopic (exact) mass is 251 g/mol. The number of nitrogens with zero attached hydrogens (tertiary/aromatic N) is 3. The van der Waals surface area contributed by atoms with Gasteiger partial charge >= 0.3 is 6.01 Å². The van der Waals surface area contributed by atoms with Crippen molar-refractivity contribution in [3.63, 3.8) is 0 Å². The van der Waals surface area contributed by atoms with Crippen molar-refractivity contribution in [1.82, 2.24) is 10.2 Å². The van der Waals surface area contributed by atoms with E-state index in [9.17, 15) is 0 Å². The number of alkyl halides is 1. The largest absolute Gasteiger partial charge is 0.406 e. The van der Waals surface area contributed by atoms with Crippen LogP contribution in [0, 0.1) is 6.92 Å². The van der Waals surface area contributed by atoms with Gasteiger partial charge in [-0.2, -0.15) is 0 Å². The second-order valence-corrected chi connectivity index (χ2v) is 4.59. The highest BCUT2D eigenvalue weighted by Gasteiger charge is 2.15. The quantitative estimate of drug-likeness (QED) is 0.784. The first-order valence-electron chi connectivity index (χ1n) is 5.36. The van der Waals surface area contributed by atoms with Crippen LogP contribution in [0.5, 0.6) is 0 Å². The summed E-state index contributed by atoms with van der Waals surface area (Å²) in [5.41, 5.74) is 2.18. The van der Waals surface area contributed by atoms with Crippen LogP contribution in [-0.2, 0) is 0 Å². The lowest BCUT2D eigenvalue weighted by Crippen LogP contribution is -2.09. The number of hydrogen-bond acceptors (Lipinski definition) is 4. The molecule has 1 aromatic carbocycles. The van der Waals surface area contributed by atoms with Crippen molar-refractivity contribution in [2.75, 3.05) is 11.9 Å². The molecule has 0 saturated heterocycles. The fourth-order valence-electron chi connectivity index (χ4n) is 1.47. The molecule has 1 atom stereocenters. The van der Waals surface area contributed by atoms with Gasteiger partial charge in [0.1, 0.15) is 5.38 Å². The summed E-state index contributed by atoms with van der Waals surface area (Å²) in [7, 11) is 1.88. The lowest BCUT2D eigenvalue weighted by Gasteiger charge is -2.14. The van der Waals surface area contributed by atoms with E-state index < -0.39 is 0 Å². The highest BCUT2D eigenvalue weighted by molar-refractivity contribution is 6.20. The average Bonchev–Trinajstić information content (AvgIpc) is 2.77. The zero-order valence-corrected chi connectivity index (χ0v) is 10.8. The third-order valence-corrected chi connectivity index (χ3v) is 2.63. The van der Waals surface area contributed by atoms with Gasteiger partial charge in [-0.1, -0.05) is 17.2 Å². The number of aryl methyl sites for hydroxylation is 1. The van der Waals surface area contributed by atoms with E-state index in [4.69, 9.17) is 16.0 Å². The van der Waals surface area contributed by atoms with Gasteiger partial charge in [-0.25, -0.2) is 0 Å².